The van der Waals surface area contributed by atoms with E-state index >= 15 is 0 Å². The van der Waals surface area contributed by atoms with Gasteiger partial charge < -0.3 is 28.4 Å². The molecule has 0 aliphatic heterocycles. The lowest BCUT2D eigenvalue weighted by Crippen LogP contribution is -2.24. The van der Waals surface area contributed by atoms with Crippen LogP contribution in [0, 0.1) is 0 Å². The zero-order chi connectivity index (χ0) is 57.7. The average Bonchev–Trinajstić information content (AvgIpc) is 3.67. The zero-order valence-electron chi connectivity index (χ0n) is 47.1. The molecule has 420 valence electrons. The van der Waals surface area contributed by atoms with E-state index in [1.165, 1.54) is 0 Å². The van der Waals surface area contributed by atoms with Crippen molar-refractivity contribution in [2.75, 3.05) is 48.0 Å². The van der Waals surface area contributed by atoms with Gasteiger partial charge in [-0.15, -0.1) is 23.2 Å². The third-order valence-electron chi connectivity index (χ3n) is 14.1. The van der Waals surface area contributed by atoms with E-state index in [1.54, 1.807) is 42.7 Å². The summed E-state index contributed by atoms with van der Waals surface area (Å²) in [5.41, 5.74) is 10.7. The number of nitrogens with zero attached hydrogens (tertiary/aromatic N) is 8. The quantitative estimate of drug-likeness (QED) is 0.0753. The van der Waals surface area contributed by atoms with Gasteiger partial charge in [-0.1, -0.05) is 109 Å². The van der Waals surface area contributed by atoms with Crippen LogP contribution in [0.5, 0.6) is 34.5 Å². The molecule has 0 aliphatic rings. The number of pyridine rings is 6. The number of methoxy groups -OCH3 is 6. The predicted molar refractivity (Wildman–Crippen MR) is 332 cm³/mol. The van der Waals surface area contributed by atoms with Gasteiger partial charge >= 0.3 is 0 Å². The fourth-order valence-corrected chi connectivity index (χ4v) is 10.2. The maximum absolute atomic E-state index is 5.58. The van der Waals surface area contributed by atoms with Crippen LogP contribution in [-0.4, -0.2) is 87.7 Å². The first kappa shape index (κ1) is 57.3. The minimum Gasteiger partial charge on any atom is -0.494 e. The van der Waals surface area contributed by atoms with Gasteiger partial charge in [-0.3, -0.25) is 9.80 Å². The highest BCUT2D eigenvalue weighted by Gasteiger charge is 2.18. The summed E-state index contributed by atoms with van der Waals surface area (Å²) in [6.07, 6.45) is 0. The van der Waals surface area contributed by atoms with Crippen molar-refractivity contribution in [3.05, 3.63) is 216 Å². The second kappa shape index (κ2) is 27.2. The third-order valence-corrected chi connectivity index (χ3v) is 14.1. The summed E-state index contributed by atoms with van der Waals surface area (Å²) >= 11 is 9.53. The van der Waals surface area contributed by atoms with Gasteiger partial charge in [0.2, 0.25) is 0 Å². The van der Waals surface area contributed by atoms with E-state index < -0.39 is 0 Å². The first-order chi connectivity index (χ1) is 40.7. The van der Waals surface area contributed by atoms with Gasteiger partial charge in [0.1, 0.15) is 67.6 Å². The lowest BCUT2D eigenvalue weighted by atomic mass is 10.1. The maximum Gasteiger partial charge on any atom is 0.145 e. The van der Waals surface area contributed by atoms with Crippen molar-refractivity contribution in [1.82, 2.24) is 39.7 Å². The third kappa shape index (κ3) is 13.5. The average molecular weight is 1150 g/mol. The van der Waals surface area contributed by atoms with Crippen LogP contribution in [0.3, 0.4) is 0 Å². The van der Waals surface area contributed by atoms with E-state index in [2.05, 4.69) is 82.6 Å². The summed E-state index contributed by atoms with van der Waals surface area (Å²) in [4.78, 5) is 34.5. The van der Waals surface area contributed by atoms with Gasteiger partial charge in [-0.05, 0) is 72.8 Å². The van der Waals surface area contributed by atoms with E-state index in [0.29, 0.717) is 39.3 Å². The Hall–Kier alpha value is -8.92. The number of hydrogen-bond donors (Lipinski definition) is 0. The monoisotopic (exact) mass is 1140 g/mol. The molecule has 12 rings (SSSR count). The molecule has 83 heavy (non-hydrogen) atoms. The van der Waals surface area contributed by atoms with E-state index in [4.69, 9.17) is 81.5 Å². The van der Waals surface area contributed by atoms with E-state index in [9.17, 15) is 0 Å². The second-order valence-corrected chi connectivity index (χ2v) is 20.2. The SMILES string of the molecule is COc1cccc2ccc(CN(Cc3ccc4cccc(OC)c4n3)Cc3ccc4cccc(OC)c4n3)nc12.COc1cccc2ccc(CN(Cc3ccc4cccc(OC)c4n3)Cc3ccc4cccc(OC)c4n3)nc12.ClCCl. The van der Waals surface area contributed by atoms with E-state index in [-0.39, 0.29) is 5.34 Å². The molecule has 0 saturated carbocycles. The number of aromatic nitrogens is 6. The topological polar surface area (TPSA) is 139 Å². The molecule has 14 nitrogen and oxygen atoms in total. The molecule has 12 aromatic rings. The van der Waals surface area contributed by atoms with Crippen molar-refractivity contribution in [2.24, 2.45) is 0 Å². The molecular formula is C67H62Cl2N8O6. The zero-order valence-corrected chi connectivity index (χ0v) is 48.6. The highest BCUT2D eigenvalue weighted by molar-refractivity contribution is 6.40. The smallest absolute Gasteiger partial charge is 0.145 e. The summed E-state index contributed by atoms with van der Waals surface area (Å²) in [5, 5.41) is 6.45. The normalized spacial score (nSPS) is 11.2. The molecule has 0 fully saturated rings. The summed E-state index contributed by atoms with van der Waals surface area (Å²) in [6.45, 7) is 3.61. The molecule has 6 aromatic heterocycles. The largest absolute Gasteiger partial charge is 0.494 e. The van der Waals surface area contributed by atoms with Crippen LogP contribution in [-0.2, 0) is 39.3 Å². The van der Waals surface area contributed by atoms with Gasteiger partial charge in [-0.25, -0.2) is 29.9 Å². The van der Waals surface area contributed by atoms with Crippen molar-refractivity contribution in [3.63, 3.8) is 0 Å². The number of rotatable bonds is 18. The number of benzene rings is 6. The maximum atomic E-state index is 5.58. The summed E-state index contributed by atoms with van der Waals surface area (Å²) in [5.74, 6) is 4.57. The van der Waals surface area contributed by atoms with Gasteiger partial charge in [0.15, 0.2) is 0 Å². The van der Waals surface area contributed by atoms with Crippen LogP contribution in [0.15, 0.2) is 182 Å². The first-order valence-corrected chi connectivity index (χ1v) is 27.9. The molecular weight excluding hydrogens is 1080 g/mol. The van der Waals surface area contributed by atoms with Crippen LogP contribution < -0.4 is 28.4 Å². The molecule has 0 spiro atoms. The molecule has 0 aliphatic carbocycles. The Balaban J connectivity index is 0.000000177. The molecule has 0 saturated heterocycles. The van der Waals surface area contributed by atoms with Gasteiger partial charge in [0, 0.05) is 71.6 Å². The molecule has 0 amide bonds. The van der Waals surface area contributed by atoms with Crippen LogP contribution in [0.4, 0.5) is 0 Å². The lowest BCUT2D eigenvalue weighted by molar-refractivity contribution is 0.239. The molecule has 0 N–H and O–H groups in total. The summed E-state index contributed by atoms with van der Waals surface area (Å²) < 4.78 is 33.5. The standard InChI is InChI=1S/2C33H30N4O3.CH2Cl2/c2*1-38-28-10-4-7-22-13-16-25(34-31(22)28)19-37(20-26-17-14-23-8-5-11-29(39-2)32(23)35-26)21-27-18-15-24-9-6-12-30(40-3)33(24)36-27;2-1-3/h2*4-18H,19-21H2,1-3H3;1H2. The van der Waals surface area contributed by atoms with E-state index in [0.717, 1.165) is 134 Å². The van der Waals surface area contributed by atoms with Crippen LogP contribution in [0.2, 0.25) is 0 Å². The molecule has 6 heterocycles. The molecule has 0 atom stereocenters. The Morgan fingerprint density at radius 2 is 0.410 bits per heavy atom. The van der Waals surface area contributed by atoms with Crippen molar-refractivity contribution >= 4 is 88.6 Å². The van der Waals surface area contributed by atoms with Crippen molar-refractivity contribution < 1.29 is 28.4 Å². The first-order valence-electron chi connectivity index (χ1n) is 26.8. The van der Waals surface area contributed by atoms with Crippen LogP contribution >= 0.6 is 23.2 Å². The minimum atomic E-state index is 0.194. The van der Waals surface area contributed by atoms with Gasteiger partial charge in [0.05, 0.1) is 82.2 Å². The van der Waals surface area contributed by atoms with Crippen molar-refractivity contribution in [2.45, 2.75) is 39.3 Å². The van der Waals surface area contributed by atoms with E-state index in [1.807, 2.05) is 109 Å². The molecule has 0 bridgehead atoms. The van der Waals surface area contributed by atoms with Gasteiger partial charge in [0.25, 0.3) is 0 Å². The number of ether oxygens (including phenoxy) is 6. The molecule has 6 aromatic carbocycles. The van der Waals surface area contributed by atoms with Gasteiger partial charge in [-0.2, -0.15) is 0 Å². The highest BCUT2D eigenvalue weighted by Crippen LogP contribution is 2.31. The highest BCUT2D eigenvalue weighted by atomic mass is 35.5. The Morgan fingerprint density at radius 1 is 0.253 bits per heavy atom. The molecule has 0 unspecified atom stereocenters. The van der Waals surface area contributed by atoms with Crippen LogP contribution in [0.25, 0.3) is 65.4 Å². The molecule has 0 radical (unpaired) electrons. The number of halogens is 2. The minimum absolute atomic E-state index is 0.194. The Bertz CT molecular complexity index is 3520. The Kier molecular flexibility index (Phi) is 18.8. The number of para-hydroxylation sites is 6. The van der Waals surface area contributed by atoms with Crippen LogP contribution in [0.1, 0.15) is 34.2 Å². The van der Waals surface area contributed by atoms with Crippen molar-refractivity contribution in [3.8, 4) is 34.5 Å². The number of fused-ring (bicyclic) bond motifs is 6. The summed E-state index contributed by atoms with van der Waals surface area (Å²) in [6, 6.07) is 60.8. The lowest BCUT2D eigenvalue weighted by Gasteiger charge is -2.22. The van der Waals surface area contributed by atoms with Crippen molar-refractivity contribution in [1.29, 1.82) is 0 Å². The molecule has 16 heteroatoms. The Labute approximate surface area is 492 Å². The predicted octanol–water partition coefficient (Wildman–Crippen LogP) is 14.5. The number of alkyl halides is 2. The summed E-state index contributed by atoms with van der Waals surface area (Å²) in [7, 11) is 10.1. The Morgan fingerprint density at radius 3 is 0.554 bits per heavy atom. The number of hydrogen-bond acceptors (Lipinski definition) is 14. The second-order valence-electron chi connectivity index (χ2n) is 19.4. The fraction of sp³-hybridized carbons (Fsp3) is 0.194. The fourth-order valence-electron chi connectivity index (χ4n) is 10.2.